The van der Waals surface area contributed by atoms with E-state index in [1.54, 1.807) is 11.2 Å². The van der Waals surface area contributed by atoms with Gasteiger partial charge in [0.25, 0.3) is 5.91 Å². The van der Waals surface area contributed by atoms with Gasteiger partial charge in [0, 0.05) is 12.6 Å². The maximum absolute atomic E-state index is 11.8. The van der Waals surface area contributed by atoms with Crippen molar-refractivity contribution < 1.29 is 14.6 Å². The summed E-state index contributed by atoms with van der Waals surface area (Å²) in [5.74, 6) is 0.755. The zero-order valence-corrected chi connectivity index (χ0v) is 17.7. The first-order chi connectivity index (χ1) is 15.5. The van der Waals surface area contributed by atoms with Crippen LogP contribution in [0.2, 0.25) is 0 Å². The highest BCUT2D eigenvalue weighted by Crippen LogP contribution is 2.30. The minimum atomic E-state index is -0.619. The summed E-state index contributed by atoms with van der Waals surface area (Å²) in [5, 5.41) is 18.2. The number of hydrogen-bond acceptors (Lipinski definition) is 7. The SMILES string of the molecule is Cc1ccc(OCCO)cc1-c1ccnc(N2N=C(C(N)=O)NC2Cc2ccccc2)c1. The molecule has 8 heteroatoms. The number of aliphatic hydroxyl groups excluding tert-OH is 1. The van der Waals surface area contributed by atoms with Crippen molar-refractivity contribution in [3.8, 4) is 16.9 Å². The molecule has 0 aliphatic carbocycles. The van der Waals surface area contributed by atoms with Gasteiger partial charge in [-0.2, -0.15) is 0 Å². The lowest BCUT2D eigenvalue weighted by Gasteiger charge is -2.23. The smallest absolute Gasteiger partial charge is 0.286 e. The van der Waals surface area contributed by atoms with E-state index in [1.165, 1.54) is 0 Å². The van der Waals surface area contributed by atoms with Gasteiger partial charge in [0.1, 0.15) is 18.5 Å². The summed E-state index contributed by atoms with van der Waals surface area (Å²) in [6, 6.07) is 19.6. The Hall–Kier alpha value is -3.91. The van der Waals surface area contributed by atoms with Crippen LogP contribution in [0.15, 0.2) is 72.0 Å². The van der Waals surface area contributed by atoms with Crippen molar-refractivity contribution in [2.45, 2.75) is 19.5 Å². The van der Waals surface area contributed by atoms with Crippen molar-refractivity contribution in [2.24, 2.45) is 10.8 Å². The van der Waals surface area contributed by atoms with Crippen LogP contribution in [0, 0.1) is 6.92 Å². The monoisotopic (exact) mass is 431 g/mol. The zero-order valence-electron chi connectivity index (χ0n) is 17.7. The number of ether oxygens (including phenoxy) is 1. The normalized spacial score (nSPS) is 15.2. The molecule has 32 heavy (non-hydrogen) atoms. The minimum Gasteiger partial charge on any atom is -0.491 e. The Morgan fingerprint density at radius 2 is 2.00 bits per heavy atom. The van der Waals surface area contributed by atoms with Gasteiger partial charge in [-0.25, -0.2) is 9.99 Å². The third kappa shape index (κ3) is 4.70. The highest BCUT2D eigenvalue weighted by atomic mass is 16.5. The van der Waals surface area contributed by atoms with Crippen LogP contribution < -0.4 is 20.8 Å². The largest absolute Gasteiger partial charge is 0.491 e. The van der Waals surface area contributed by atoms with Gasteiger partial charge >= 0.3 is 0 Å². The van der Waals surface area contributed by atoms with Gasteiger partial charge in [0.05, 0.1) is 6.61 Å². The van der Waals surface area contributed by atoms with Crippen LogP contribution in [0.3, 0.4) is 0 Å². The van der Waals surface area contributed by atoms with Crippen molar-refractivity contribution in [3.63, 3.8) is 0 Å². The van der Waals surface area contributed by atoms with Gasteiger partial charge in [-0.05, 0) is 53.4 Å². The third-order valence-electron chi connectivity index (χ3n) is 5.17. The second-order valence-corrected chi connectivity index (χ2v) is 7.46. The number of amidine groups is 1. The van der Waals surface area contributed by atoms with Gasteiger partial charge in [-0.1, -0.05) is 36.4 Å². The van der Waals surface area contributed by atoms with Crippen molar-refractivity contribution in [1.82, 2.24) is 10.3 Å². The van der Waals surface area contributed by atoms with Gasteiger partial charge in [-0.15, -0.1) is 5.10 Å². The second-order valence-electron chi connectivity index (χ2n) is 7.46. The molecule has 1 aromatic heterocycles. The van der Waals surface area contributed by atoms with Gasteiger partial charge in [-0.3, -0.25) is 4.79 Å². The number of anilines is 1. The molecule has 2 heterocycles. The Morgan fingerprint density at radius 1 is 1.19 bits per heavy atom. The zero-order chi connectivity index (χ0) is 22.5. The molecule has 0 bridgehead atoms. The molecule has 8 nitrogen and oxygen atoms in total. The first kappa shape index (κ1) is 21.3. The summed E-state index contributed by atoms with van der Waals surface area (Å²) in [7, 11) is 0. The fraction of sp³-hybridized carbons (Fsp3) is 0.208. The lowest BCUT2D eigenvalue weighted by molar-refractivity contribution is -0.112. The molecule has 4 N–H and O–H groups in total. The Balaban J connectivity index is 1.67. The standard InChI is InChI=1S/C24H25N5O3/c1-16-7-8-19(32-12-11-30)15-20(16)18-9-10-26-21(14-18)29-22(27-24(28-29)23(25)31)13-17-5-3-2-4-6-17/h2-10,14-15,22,30H,11-13H2,1H3,(H2,25,31)(H,27,28). The quantitative estimate of drug-likeness (QED) is 0.504. The molecule has 4 rings (SSSR count). The molecule has 1 aliphatic heterocycles. The van der Waals surface area contributed by atoms with E-state index in [4.69, 9.17) is 15.6 Å². The van der Waals surface area contributed by atoms with E-state index >= 15 is 0 Å². The number of nitrogens with zero attached hydrogens (tertiary/aromatic N) is 3. The average Bonchev–Trinajstić information content (AvgIpc) is 3.23. The molecule has 0 fully saturated rings. The van der Waals surface area contributed by atoms with Crippen LogP contribution in [-0.2, 0) is 11.2 Å². The maximum atomic E-state index is 11.8. The number of nitrogens with one attached hydrogen (secondary N) is 1. The maximum Gasteiger partial charge on any atom is 0.286 e. The summed E-state index contributed by atoms with van der Waals surface area (Å²) in [6.45, 7) is 2.20. The van der Waals surface area contributed by atoms with E-state index < -0.39 is 5.91 Å². The number of aromatic nitrogens is 1. The predicted octanol–water partition coefficient (Wildman–Crippen LogP) is 2.21. The molecule has 1 aliphatic rings. The Bertz CT molecular complexity index is 1130. The number of carbonyl (C=O) groups excluding carboxylic acids is 1. The van der Waals surface area contributed by atoms with Crippen LogP contribution in [0.25, 0.3) is 11.1 Å². The molecule has 0 radical (unpaired) electrons. The van der Waals surface area contributed by atoms with E-state index in [9.17, 15) is 4.79 Å². The number of aryl methyl sites for hydroxylation is 1. The van der Waals surface area contributed by atoms with Gasteiger partial charge in [0.15, 0.2) is 5.82 Å². The minimum absolute atomic E-state index is 0.0480. The number of nitrogens with two attached hydrogens (primary N) is 1. The van der Waals surface area contributed by atoms with Crippen molar-refractivity contribution in [3.05, 3.63) is 78.0 Å². The van der Waals surface area contributed by atoms with Gasteiger partial charge < -0.3 is 20.9 Å². The summed E-state index contributed by atoms with van der Waals surface area (Å²) >= 11 is 0. The molecule has 1 amide bonds. The first-order valence-corrected chi connectivity index (χ1v) is 10.3. The number of benzene rings is 2. The van der Waals surface area contributed by atoms with Gasteiger partial charge in [0.2, 0.25) is 5.84 Å². The number of hydrazone groups is 1. The highest BCUT2D eigenvalue weighted by molar-refractivity contribution is 6.38. The molecule has 0 saturated heterocycles. The summed E-state index contributed by atoms with van der Waals surface area (Å²) in [4.78, 5) is 16.3. The predicted molar refractivity (Wildman–Crippen MR) is 123 cm³/mol. The van der Waals surface area contributed by atoms with E-state index in [0.717, 1.165) is 22.3 Å². The van der Waals surface area contributed by atoms with Crippen LogP contribution in [0.1, 0.15) is 11.1 Å². The van der Waals surface area contributed by atoms with E-state index in [1.807, 2.05) is 67.6 Å². The number of carbonyl (C=O) groups is 1. The molecular weight excluding hydrogens is 406 g/mol. The van der Waals surface area contributed by atoms with E-state index in [2.05, 4.69) is 15.4 Å². The average molecular weight is 431 g/mol. The molecule has 1 unspecified atom stereocenters. The van der Waals surface area contributed by atoms with E-state index in [0.29, 0.717) is 18.0 Å². The van der Waals surface area contributed by atoms with Crippen LogP contribution >= 0.6 is 0 Å². The summed E-state index contributed by atoms with van der Waals surface area (Å²) < 4.78 is 5.57. The van der Waals surface area contributed by atoms with E-state index in [-0.39, 0.29) is 25.2 Å². The number of pyridine rings is 1. The van der Waals surface area contributed by atoms with Crippen LogP contribution in [-0.4, -0.2) is 41.2 Å². The lowest BCUT2D eigenvalue weighted by atomic mass is 10.0. The fourth-order valence-corrected chi connectivity index (χ4v) is 3.61. The van der Waals surface area contributed by atoms with Crippen molar-refractivity contribution >= 4 is 17.6 Å². The molecule has 164 valence electrons. The summed E-state index contributed by atoms with van der Waals surface area (Å²) in [6.07, 6.45) is 2.02. The fourth-order valence-electron chi connectivity index (χ4n) is 3.61. The number of hydrogen-bond donors (Lipinski definition) is 3. The topological polar surface area (TPSA) is 113 Å². The summed E-state index contributed by atoms with van der Waals surface area (Å²) in [5.41, 5.74) is 9.56. The highest BCUT2D eigenvalue weighted by Gasteiger charge is 2.30. The number of rotatable bonds is 8. The first-order valence-electron chi connectivity index (χ1n) is 10.3. The number of primary amides is 1. The Labute approximate surface area is 186 Å². The van der Waals surface area contributed by atoms with Crippen LogP contribution in [0.5, 0.6) is 5.75 Å². The number of amides is 1. The lowest BCUT2D eigenvalue weighted by Crippen LogP contribution is -2.43. The van der Waals surface area contributed by atoms with Crippen molar-refractivity contribution in [1.29, 1.82) is 0 Å². The van der Waals surface area contributed by atoms with Crippen molar-refractivity contribution in [2.75, 3.05) is 18.2 Å². The molecule has 1 atom stereocenters. The Morgan fingerprint density at radius 3 is 2.75 bits per heavy atom. The van der Waals surface area contributed by atoms with Crippen LogP contribution in [0.4, 0.5) is 5.82 Å². The molecule has 0 saturated carbocycles. The third-order valence-corrected chi connectivity index (χ3v) is 5.17. The molecule has 3 aromatic rings. The Kier molecular flexibility index (Phi) is 6.32. The molecule has 2 aromatic carbocycles. The molecular formula is C24H25N5O3. The number of aliphatic hydroxyl groups is 1. The molecule has 0 spiro atoms. The second kappa shape index (κ2) is 9.49.